The first-order chi connectivity index (χ1) is 16.9. The number of fused-ring (bicyclic) bond motifs is 2. The summed E-state index contributed by atoms with van der Waals surface area (Å²) in [7, 11) is -3.87. The van der Waals surface area contributed by atoms with Crippen LogP contribution in [0.3, 0.4) is 0 Å². The molecule has 1 heterocycles. The van der Waals surface area contributed by atoms with Gasteiger partial charge >= 0.3 is 5.97 Å². The van der Waals surface area contributed by atoms with Crippen molar-refractivity contribution < 1.29 is 22.7 Å². The summed E-state index contributed by atoms with van der Waals surface area (Å²) in [6, 6.07) is 26.1. The molecule has 1 aliphatic rings. The average molecular weight is 486 g/mol. The number of para-hydroxylation sites is 1. The van der Waals surface area contributed by atoms with E-state index in [1.807, 2.05) is 48.5 Å². The molecular weight excluding hydrogens is 462 g/mol. The summed E-state index contributed by atoms with van der Waals surface area (Å²) in [6.45, 7) is -0.0725. The van der Waals surface area contributed by atoms with Gasteiger partial charge in [0.25, 0.3) is 10.0 Å². The fourth-order valence-corrected chi connectivity index (χ4v) is 6.01. The Morgan fingerprint density at radius 1 is 0.857 bits per heavy atom. The van der Waals surface area contributed by atoms with Gasteiger partial charge in [0.15, 0.2) is 6.61 Å². The maximum absolute atomic E-state index is 13.4. The first kappa shape index (κ1) is 22.8. The van der Waals surface area contributed by atoms with Crippen LogP contribution in [0.2, 0.25) is 0 Å². The summed E-state index contributed by atoms with van der Waals surface area (Å²) in [4.78, 5) is 25.5. The highest BCUT2D eigenvalue weighted by molar-refractivity contribution is 7.92. The second-order valence-electron chi connectivity index (χ2n) is 8.36. The third kappa shape index (κ3) is 4.42. The lowest BCUT2D eigenvalue weighted by molar-refractivity contribution is 0.0475. The number of ketones is 1. The van der Waals surface area contributed by atoms with Gasteiger partial charge in [-0.05, 0) is 53.4 Å². The van der Waals surface area contributed by atoms with E-state index in [2.05, 4.69) is 0 Å². The predicted octanol–water partition coefficient (Wildman–Crippen LogP) is 5.02. The summed E-state index contributed by atoms with van der Waals surface area (Å²) in [5, 5.41) is 1.70. The number of esters is 1. The minimum atomic E-state index is -3.87. The highest BCUT2D eigenvalue weighted by atomic mass is 32.2. The molecule has 1 aliphatic heterocycles. The Bertz CT molecular complexity index is 1540. The van der Waals surface area contributed by atoms with E-state index < -0.39 is 22.6 Å². The Balaban J connectivity index is 1.34. The van der Waals surface area contributed by atoms with Crippen molar-refractivity contribution in [3.8, 4) is 0 Å². The van der Waals surface area contributed by atoms with Crippen molar-refractivity contribution in [2.75, 3.05) is 17.5 Å². The minimum absolute atomic E-state index is 0.00373. The van der Waals surface area contributed by atoms with Crippen LogP contribution < -0.4 is 4.31 Å². The van der Waals surface area contributed by atoms with E-state index in [1.54, 1.807) is 18.2 Å². The Labute approximate surface area is 203 Å². The van der Waals surface area contributed by atoms with Crippen LogP contribution >= 0.6 is 0 Å². The maximum Gasteiger partial charge on any atom is 0.338 e. The van der Waals surface area contributed by atoms with Gasteiger partial charge in [-0.15, -0.1) is 0 Å². The molecule has 0 bridgehead atoms. The SMILES string of the molecule is O=C(OCC(=O)c1cccc2ccccc12)c1cccc(S(=O)(=O)N2CCCc3ccccc32)c1. The van der Waals surface area contributed by atoms with Crippen molar-refractivity contribution in [1.29, 1.82) is 0 Å². The van der Waals surface area contributed by atoms with E-state index in [0.29, 0.717) is 24.2 Å². The smallest absolute Gasteiger partial charge is 0.338 e. The highest BCUT2D eigenvalue weighted by Crippen LogP contribution is 2.32. The number of nitrogens with zero attached hydrogens (tertiary/aromatic N) is 1. The summed E-state index contributed by atoms with van der Waals surface area (Å²) < 4.78 is 33.5. The van der Waals surface area contributed by atoms with Crippen molar-refractivity contribution in [1.82, 2.24) is 0 Å². The summed E-state index contributed by atoms with van der Waals surface area (Å²) >= 11 is 0. The van der Waals surface area contributed by atoms with Crippen LogP contribution in [-0.4, -0.2) is 33.3 Å². The zero-order chi connectivity index (χ0) is 24.4. The Hall–Kier alpha value is -3.97. The lowest BCUT2D eigenvalue weighted by Crippen LogP contribution is -2.35. The number of carbonyl (C=O) groups is 2. The van der Waals surface area contributed by atoms with E-state index in [9.17, 15) is 18.0 Å². The number of aryl methyl sites for hydroxylation is 1. The fourth-order valence-electron chi connectivity index (χ4n) is 4.42. The molecular formula is C28H23NO5S. The van der Waals surface area contributed by atoms with Gasteiger partial charge in [-0.1, -0.05) is 66.7 Å². The monoisotopic (exact) mass is 485 g/mol. The van der Waals surface area contributed by atoms with Crippen LogP contribution in [0.1, 0.15) is 32.7 Å². The Morgan fingerprint density at radius 3 is 2.49 bits per heavy atom. The normalized spacial score (nSPS) is 13.3. The van der Waals surface area contributed by atoms with Crippen molar-refractivity contribution in [2.45, 2.75) is 17.7 Å². The summed E-state index contributed by atoms with van der Waals surface area (Å²) in [6.07, 6.45) is 1.54. The molecule has 0 aliphatic carbocycles. The molecule has 4 aromatic carbocycles. The van der Waals surface area contributed by atoms with E-state index in [-0.39, 0.29) is 16.2 Å². The van der Waals surface area contributed by atoms with Gasteiger partial charge in [-0.2, -0.15) is 0 Å². The zero-order valence-electron chi connectivity index (χ0n) is 18.9. The highest BCUT2D eigenvalue weighted by Gasteiger charge is 2.29. The van der Waals surface area contributed by atoms with E-state index >= 15 is 0 Å². The molecule has 35 heavy (non-hydrogen) atoms. The molecule has 0 spiro atoms. The largest absolute Gasteiger partial charge is 0.454 e. The van der Waals surface area contributed by atoms with Gasteiger partial charge in [0.05, 0.1) is 16.1 Å². The van der Waals surface area contributed by atoms with Gasteiger partial charge in [0, 0.05) is 12.1 Å². The Kier molecular flexibility index (Phi) is 6.09. The van der Waals surface area contributed by atoms with Gasteiger partial charge in [-0.25, -0.2) is 13.2 Å². The third-order valence-electron chi connectivity index (χ3n) is 6.15. The predicted molar refractivity (Wildman–Crippen MR) is 134 cm³/mol. The third-order valence-corrected chi connectivity index (χ3v) is 7.96. The van der Waals surface area contributed by atoms with Crippen LogP contribution in [0.5, 0.6) is 0 Å². The fraction of sp³-hybridized carbons (Fsp3) is 0.143. The van der Waals surface area contributed by atoms with Crippen molar-refractivity contribution in [3.05, 3.63) is 108 Å². The molecule has 5 rings (SSSR count). The molecule has 4 aromatic rings. The molecule has 0 radical (unpaired) electrons. The first-order valence-electron chi connectivity index (χ1n) is 11.3. The van der Waals surface area contributed by atoms with Crippen LogP contribution in [0.4, 0.5) is 5.69 Å². The summed E-state index contributed by atoms with van der Waals surface area (Å²) in [5.74, 6) is -1.08. The molecule has 0 saturated heterocycles. The molecule has 0 unspecified atom stereocenters. The molecule has 0 aromatic heterocycles. The Morgan fingerprint density at radius 2 is 1.60 bits per heavy atom. The van der Waals surface area contributed by atoms with Crippen LogP contribution in [-0.2, 0) is 21.2 Å². The number of ether oxygens (including phenoxy) is 1. The quantitative estimate of drug-likeness (QED) is 0.283. The zero-order valence-corrected chi connectivity index (χ0v) is 19.7. The van der Waals surface area contributed by atoms with Gasteiger partial charge in [0.1, 0.15) is 0 Å². The first-order valence-corrected chi connectivity index (χ1v) is 12.8. The number of rotatable bonds is 6. The van der Waals surface area contributed by atoms with E-state index in [1.165, 1.54) is 28.6 Å². The minimum Gasteiger partial charge on any atom is -0.454 e. The standard InChI is InChI=1S/C28H23NO5S/c30-27(25-15-6-10-20-8-1-3-14-24(20)25)19-34-28(31)22-11-5-13-23(18-22)35(32,33)29-17-7-12-21-9-2-4-16-26(21)29/h1-6,8-11,13-16,18H,7,12,17,19H2. The van der Waals surface area contributed by atoms with Crippen LogP contribution in [0.25, 0.3) is 10.8 Å². The van der Waals surface area contributed by atoms with Crippen molar-refractivity contribution in [3.63, 3.8) is 0 Å². The van der Waals surface area contributed by atoms with E-state index in [0.717, 1.165) is 22.8 Å². The number of carbonyl (C=O) groups excluding carboxylic acids is 2. The topological polar surface area (TPSA) is 80.8 Å². The molecule has 0 N–H and O–H groups in total. The lowest BCUT2D eigenvalue weighted by atomic mass is 10.0. The number of hydrogen-bond acceptors (Lipinski definition) is 5. The molecule has 0 saturated carbocycles. The number of benzene rings is 4. The second-order valence-corrected chi connectivity index (χ2v) is 10.2. The second kappa shape index (κ2) is 9.35. The van der Waals surface area contributed by atoms with E-state index in [4.69, 9.17) is 4.74 Å². The molecule has 0 atom stereocenters. The number of Topliss-reactive ketones (excluding diaryl/α,β-unsaturated/α-hetero) is 1. The lowest BCUT2D eigenvalue weighted by Gasteiger charge is -2.30. The molecule has 0 fully saturated rings. The molecule has 0 amide bonds. The number of sulfonamides is 1. The van der Waals surface area contributed by atoms with Gasteiger partial charge < -0.3 is 4.74 Å². The molecule has 7 heteroatoms. The van der Waals surface area contributed by atoms with Crippen molar-refractivity contribution in [2.24, 2.45) is 0 Å². The average Bonchev–Trinajstić information content (AvgIpc) is 2.91. The van der Waals surface area contributed by atoms with Crippen LogP contribution in [0.15, 0.2) is 95.9 Å². The maximum atomic E-state index is 13.4. The number of anilines is 1. The molecule has 176 valence electrons. The van der Waals surface area contributed by atoms with Gasteiger partial charge in [-0.3, -0.25) is 9.10 Å². The summed E-state index contributed by atoms with van der Waals surface area (Å²) in [5.41, 5.74) is 2.18. The molecule has 6 nitrogen and oxygen atoms in total. The van der Waals surface area contributed by atoms with Gasteiger partial charge in [0.2, 0.25) is 5.78 Å². The van der Waals surface area contributed by atoms with Crippen LogP contribution in [0, 0.1) is 0 Å². The number of hydrogen-bond donors (Lipinski definition) is 0. The van der Waals surface area contributed by atoms with Crippen molar-refractivity contribution >= 4 is 38.2 Å².